The van der Waals surface area contributed by atoms with E-state index in [1.54, 1.807) is 0 Å². The van der Waals surface area contributed by atoms with E-state index in [9.17, 15) is 0 Å². The molecule has 1 nitrogen and oxygen atoms in total. The van der Waals surface area contributed by atoms with Crippen LogP contribution in [0.15, 0.2) is 12.7 Å². The molecule has 0 spiro atoms. The third-order valence-electron chi connectivity index (χ3n) is 2.29. The Morgan fingerprint density at radius 1 is 1.33 bits per heavy atom. The molecule has 0 aromatic carbocycles. The van der Waals surface area contributed by atoms with Crippen molar-refractivity contribution < 1.29 is 0 Å². The molecule has 1 atom stereocenters. The Hall–Kier alpha value is -0.300. The molecule has 0 heterocycles. The zero-order chi connectivity index (χ0) is 9.23. The number of nitrogens with two attached hydrogens (primary N) is 1. The fourth-order valence-electron chi connectivity index (χ4n) is 1.60. The average Bonchev–Trinajstić information content (AvgIpc) is 2.10. The van der Waals surface area contributed by atoms with Crippen LogP contribution in [0, 0.1) is 5.92 Å². The smallest absolute Gasteiger partial charge is 0.00772 e. The van der Waals surface area contributed by atoms with Gasteiger partial charge in [0, 0.05) is 0 Å². The molecule has 0 fully saturated rings. The van der Waals surface area contributed by atoms with E-state index >= 15 is 0 Å². The Labute approximate surface area is 77.0 Å². The van der Waals surface area contributed by atoms with E-state index in [1.807, 2.05) is 6.08 Å². The maximum atomic E-state index is 5.48. The first kappa shape index (κ1) is 11.7. The van der Waals surface area contributed by atoms with Crippen LogP contribution < -0.4 is 5.73 Å². The SMILES string of the molecule is C=CCCC(CCC)CCCN. The van der Waals surface area contributed by atoms with Gasteiger partial charge in [-0.25, -0.2) is 0 Å². The van der Waals surface area contributed by atoms with Crippen LogP contribution in [0.25, 0.3) is 0 Å². The Morgan fingerprint density at radius 2 is 2.08 bits per heavy atom. The molecule has 12 heavy (non-hydrogen) atoms. The van der Waals surface area contributed by atoms with Gasteiger partial charge in [0.2, 0.25) is 0 Å². The molecular weight excluding hydrogens is 146 g/mol. The van der Waals surface area contributed by atoms with Crippen molar-refractivity contribution in [3.63, 3.8) is 0 Å². The molecular formula is C11H23N. The van der Waals surface area contributed by atoms with Gasteiger partial charge >= 0.3 is 0 Å². The van der Waals surface area contributed by atoms with Gasteiger partial charge < -0.3 is 5.73 Å². The second-order valence-electron chi connectivity index (χ2n) is 3.45. The molecule has 0 saturated heterocycles. The molecule has 72 valence electrons. The van der Waals surface area contributed by atoms with Gasteiger partial charge in [-0.2, -0.15) is 0 Å². The van der Waals surface area contributed by atoms with Gasteiger partial charge in [0.05, 0.1) is 0 Å². The lowest BCUT2D eigenvalue weighted by atomic mass is 9.93. The molecule has 1 heteroatoms. The van der Waals surface area contributed by atoms with Crippen LogP contribution in [0.4, 0.5) is 0 Å². The van der Waals surface area contributed by atoms with Crippen LogP contribution in [0.5, 0.6) is 0 Å². The summed E-state index contributed by atoms with van der Waals surface area (Å²) in [4.78, 5) is 0. The van der Waals surface area contributed by atoms with Gasteiger partial charge in [0.25, 0.3) is 0 Å². The van der Waals surface area contributed by atoms with Crippen molar-refractivity contribution in [2.24, 2.45) is 11.7 Å². The molecule has 0 aliphatic rings. The van der Waals surface area contributed by atoms with Gasteiger partial charge in [-0.1, -0.05) is 25.8 Å². The molecule has 0 bridgehead atoms. The van der Waals surface area contributed by atoms with Crippen molar-refractivity contribution in [2.45, 2.75) is 45.4 Å². The minimum Gasteiger partial charge on any atom is -0.330 e. The third-order valence-corrected chi connectivity index (χ3v) is 2.29. The van der Waals surface area contributed by atoms with Gasteiger partial charge in [-0.15, -0.1) is 6.58 Å². The van der Waals surface area contributed by atoms with E-state index in [-0.39, 0.29) is 0 Å². The van der Waals surface area contributed by atoms with Gasteiger partial charge in [0.15, 0.2) is 0 Å². The molecule has 0 aliphatic heterocycles. The van der Waals surface area contributed by atoms with Crippen LogP contribution in [0.3, 0.4) is 0 Å². The number of hydrogen-bond acceptors (Lipinski definition) is 1. The van der Waals surface area contributed by atoms with Gasteiger partial charge in [0.1, 0.15) is 0 Å². The van der Waals surface area contributed by atoms with E-state index < -0.39 is 0 Å². The van der Waals surface area contributed by atoms with E-state index in [2.05, 4.69) is 13.5 Å². The topological polar surface area (TPSA) is 26.0 Å². The summed E-state index contributed by atoms with van der Waals surface area (Å²) in [5.74, 6) is 0.886. The van der Waals surface area contributed by atoms with Crippen molar-refractivity contribution in [1.29, 1.82) is 0 Å². The van der Waals surface area contributed by atoms with E-state index in [0.717, 1.165) is 18.9 Å². The minimum atomic E-state index is 0.842. The number of allylic oxidation sites excluding steroid dienone is 1. The van der Waals surface area contributed by atoms with E-state index in [4.69, 9.17) is 5.73 Å². The zero-order valence-corrected chi connectivity index (χ0v) is 8.39. The predicted molar refractivity (Wildman–Crippen MR) is 56.1 cm³/mol. The van der Waals surface area contributed by atoms with Crippen molar-refractivity contribution in [1.82, 2.24) is 0 Å². The second-order valence-corrected chi connectivity index (χ2v) is 3.45. The molecule has 0 aromatic heterocycles. The molecule has 0 rings (SSSR count). The molecule has 0 aliphatic carbocycles. The normalized spacial score (nSPS) is 12.8. The average molecular weight is 169 g/mol. The van der Waals surface area contributed by atoms with Crippen LogP contribution >= 0.6 is 0 Å². The summed E-state index contributed by atoms with van der Waals surface area (Å²) in [5, 5.41) is 0. The maximum absolute atomic E-state index is 5.48. The highest BCUT2D eigenvalue weighted by Gasteiger charge is 2.05. The minimum absolute atomic E-state index is 0.842. The molecule has 0 radical (unpaired) electrons. The van der Waals surface area contributed by atoms with E-state index in [0.29, 0.717) is 0 Å². The summed E-state index contributed by atoms with van der Waals surface area (Å²) in [7, 11) is 0. The van der Waals surface area contributed by atoms with Crippen molar-refractivity contribution >= 4 is 0 Å². The summed E-state index contributed by atoms with van der Waals surface area (Å²) in [5.41, 5.74) is 5.48. The fraction of sp³-hybridized carbons (Fsp3) is 0.818. The fourth-order valence-corrected chi connectivity index (χ4v) is 1.60. The van der Waals surface area contributed by atoms with Crippen LogP contribution in [-0.4, -0.2) is 6.54 Å². The summed E-state index contributed by atoms with van der Waals surface area (Å²) >= 11 is 0. The summed E-state index contributed by atoms with van der Waals surface area (Å²) < 4.78 is 0. The summed E-state index contributed by atoms with van der Waals surface area (Å²) in [6.07, 6.45) is 9.62. The maximum Gasteiger partial charge on any atom is -0.00772 e. The van der Waals surface area contributed by atoms with Crippen molar-refractivity contribution in [2.75, 3.05) is 6.54 Å². The second kappa shape index (κ2) is 8.79. The van der Waals surface area contributed by atoms with Gasteiger partial charge in [-0.3, -0.25) is 0 Å². The Morgan fingerprint density at radius 3 is 2.58 bits per heavy atom. The molecule has 1 unspecified atom stereocenters. The van der Waals surface area contributed by atoms with Crippen LogP contribution in [0.2, 0.25) is 0 Å². The highest BCUT2D eigenvalue weighted by molar-refractivity contribution is 4.70. The largest absolute Gasteiger partial charge is 0.330 e. The van der Waals surface area contributed by atoms with Crippen LogP contribution in [0.1, 0.15) is 45.4 Å². The highest BCUT2D eigenvalue weighted by Crippen LogP contribution is 2.18. The third kappa shape index (κ3) is 6.41. The lowest BCUT2D eigenvalue weighted by Gasteiger charge is -2.13. The number of hydrogen-bond donors (Lipinski definition) is 1. The monoisotopic (exact) mass is 169 g/mol. The lowest BCUT2D eigenvalue weighted by molar-refractivity contribution is 0.409. The first-order valence-corrected chi connectivity index (χ1v) is 5.16. The molecule has 2 N–H and O–H groups in total. The summed E-state index contributed by atoms with van der Waals surface area (Å²) in [6.45, 7) is 6.84. The van der Waals surface area contributed by atoms with Crippen molar-refractivity contribution in [3.05, 3.63) is 12.7 Å². The van der Waals surface area contributed by atoms with E-state index in [1.165, 1.54) is 32.1 Å². The number of rotatable bonds is 8. The zero-order valence-electron chi connectivity index (χ0n) is 8.39. The van der Waals surface area contributed by atoms with Crippen molar-refractivity contribution in [3.8, 4) is 0 Å². The Balaban J connectivity index is 3.46. The summed E-state index contributed by atoms with van der Waals surface area (Å²) in [6, 6.07) is 0. The highest BCUT2D eigenvalue weighted by atomic mass is 14.5. The Bertz CT molecular complexity index is 99.2. The van der Waals surface area contributed by atoms with Gasteiger partial charge in [-0.05, 0) is 38.1 Å². The Kier molecular flexibility index (Phi) is 8.57. The molecule has 0 aromatic rings. The first-order chi connectivity index (χ1) is 5.85. The molecule has 0 amide bonds. The van der Waals surface area contributed by atoms with Crippen LogP contribution in [-0.2, 0) is 0 Å². The molecule has 0 saturated carbocycles. The standard InChI is InChI=1S/C11H23N/c1-3-5-8-11(7-4-2)9-6-10-12/h3,11H,1,4-10,12H2,2H3. The first-order valence-electron chi connectivity index (χ1n) is 5.16. The quantitative estimate of drug-likeness (QED) is 0.555. The predicted octanol–water partition coefficient (Wildman–Crippen LogP) is 3.11. The lowest BCUT2D eigenvalue weighted by Crippen LogP contribution is -2.05.